The summed E-state index contributed by atoms with van der Waals surface area (Å²) >= 11 is 3.13. The number of carbonyl (C=O) groups excluding carboxylic acids is 2. The van der Waals surface area contributed by atoms with E-state index in [2.05, 4.69) is 22.6 Å². The Hall–Kier alpha value is -2.31. The van der Waals surface area contributed by atoms with E-state index in [0.29, 0.717) is 10.7 Å². The Morgan fingerprint density at radius 3 is 2.69 bits per heavy atom. The minimum atomic E-state index is -0.304. The van der Waals surface area contributed by atoms with Crippen LogP contribution in [0, 0.1) is 14.9 Å². The molecular weight excluding hydrogens is 463 g/mol. The second-order valence-corrected chi connectivity index (χ2v) is 7.65. The summed E-state index contributed by atoms with van der Waals surface area (Å²) in [7, 11) is 0. The van der Waals surface area contributed by atoms with Crippen molar-refractivity contribution in [2.75, 3.05) is 6.61 Å². The lowest BCUT2D eigenvalue weighted by molar-refractivity contribution is -0.123. The van der Waals surface area contributed by atoms with Crippen LogP contribution in [-0.4, -0.2) is 22.7 Å². The molecule has 130 valence electrons. The van der Waals surface area contributed by atoms with Gasteiger partial charge in [-0.3, -0.25) is 14.5 Å². The monoisotopic (exact) mass is 476 g/mol. The Bertz CT molecular complexity index is 919. The number of imide groups is 1. The number of thioether (sulfide) groups is 1. The van der Waals surface area contributed by atoms with Crippen molar-refractivity contribution in [1.82, 2.24) is 4.90 Å². The van der Waals surface area contributed by atoms with Crippen molar-refractivity contribution in [2.45, 2.75) is 6.54 Å². The molecule has 1 aliphatic rings. The predicted molar refractivity (Wildman–Crippen MR) is 108 cm³/mol. The summed E-state index contributed by atoms with van der Waals surface area (Å²) < 4.78 is 6.35. The van der Waals surface area contributed by atoms with Crippen molar-refractivity contribution in [3.63, 3.8) is 0 Å². The van der Waals surface area contributed by atoms with Gasteiger partial charge in [-0.05, 0) is 75.8 Å². The number of nitrogens with zero attached hydrogens (tertiary/aromatic N) is 2. The van der Waals surface area contributed by atoms with Crippen LogP contribution in [0.1, 0.15) is 11.1 Å². The third-order valence-electron chi connectivity index (χ3n) is 3.59. The van der Waals surface area contributed by atoms with E-state index < -0.39 is 0 Å². The fourth-order valence-electron chi connectivity index (χ4n) is 2.37. The molecule has 1 saturated heterocycles. The number of amides is 2. The standard InChI is InChI=1S/C19H13IN2O3S/c20-15-6-4-13(5-7-15)12-22-18(23)17(26-19(22)24)11-14-2-1-3-16(10-14)25-9-8-21/h1-7,10-11H,9,12H2/b17-11-. The topological polar surface area (TPSA) is 70.4 Å². The summed E-state index contributed by atoms with van der Waals surface area (Å²) in [6.07, 6.45) is 1.66. The number of hydrogen-bond donors (Lipinski definition) is 0. The molecule has 7 heteroatoms. The lowest BCUT2D eigenvalue weighted by atomic mass is 10.2. The van der Waals surface area contributed by atoms with Gasteiger partial charge in [0.25, 0.3) is 11.1 Å². The summed E-state index contributed by atoms with van der Waals surface area (Å²) in [5.74, 6) is 0.236. The number of halogens is 1. The highest BCUT2D eigenvalue weighted by molar-refractivity contribution is 14.1. The lowest BCUT2D eigenvalue weighted by Gasteiger charge is -2.12. The average Bonchev–Trinajstić information content (AvgIpc) is 2.89. The molecule has 2 aromatic carbocycles. The molecule has 26 heavy (non-hydrogen) atoms. The number of rotatable bonds is 5. The molecule has 0 spiro atoms. The molecule has 2 aromatic rings. The highest BCUT2D eigenvalue weighted by Crippen LogP contribution is 2.33. The molecule has 2 amide bonds. The summed E-state index contributed by atoms with van der Waals surface area (Å²) in [6, 6.07) is 16.6. The van der Waals surface area contributed by atoms with Crippen molar-refractivity contribution in [3.05, 3.63) is 68.1 Å². The van der Waals surface area contributed by atoms with Crippen LogP contribution in [0.25, 0.3) is 6.08 Å². The van der Waals surface area contributed by atoms with Crippen molar-refractivity contribution in [3.8, 4) is 11.8 Å². The fourth-order valence-corrected chi connectivity index (χ4v) is 3.57. The Labute approximate surface area is 168 Å². The Balaban J connectivity index is 1.76. The van der Waals surface area contributed by atoms with E-state index in [9.17, 15) is 9.59 Å². The van der Waals surface area contributed by atoms with Gasteiger partial charge in [0.1, 0.15) is 11.8 Å². The predicted octanol–water partition coefficient (Wildman–Crippen LogP) is 4.43. The smallest absolute Gasteiger partial charge is 0.293 e. The van der Waals surface area contributed by atoms with Gasteiger partial charge in [0.05, 0.1) is 11.4 Å². The van der Waals surface area contributed by atoms with Crippen molar-refractivity contribution in [2.24, 2.45) is 0 Å². The molecule has 1 heterocycles. The quantitative estimate of drug-likeness (QED) is 0.472. The molecule has 0 bridgehead atoms. The first-order valence-electron chi connectivity index (χ1n) is 7.66. The first-order chi connectivity index (χ1) is 12.6. The molecule has 1 fully saturated rings. The van der Waals surface area contributed by atoms with E-state index in [4.69, 9.17) is 10.00 Å². The van der Waals surface area contributed by atoms with Gasteiger partial charge >= 0.3 is 0 Å². The Kier molecular flexibility index (Phi) is 5.96. The minimum absolute atomic E-state index is 0.0457. The second-order valence-electron chi connectivity index (χ2n) is 5.41. The minimum Gasteiger partial charge on any atom is -0.479 e. The third-order valence-corrected chi connectivity index (χ3v) is 5.21. The van der Waals surface area contributed by atoms with E-state index in [1.807, 2.05) is 36.4 Å². The molecule has 5 nitrogen and oxygen atoms in total. The molecule has 0 aliphatic carbocycles. The van der Waals surface area contributed by atoms with E-state index in [1.54, 1.807) is 24.3 Å². The van der Waals surface area contributed by atoms with Crippen LogP contribution < -0.4 is 4.74 Å². The van der Waals surface area contributed by atoms with E-state index in [0.717, 1.165) is 26.5 Å². The highest BCUT2D eigenvalue weighted by Gasteiger charge is 2.34. The maximum atomic E-state index is 12.6. The molecule has 0 N–H and O–H groups in total. The number of ether oxygens (including phenoxy) is 1. The third kappa shape index (κ3) is 4.45. The van der Waals surface area contributed by atoms with E-state index in [-0.39, 0.29) is 24.3 Å². The zero-order chi connectivity index (χ0) is 18.5. The van der Waals surface area contributed by atoms with Crippen LogP contribution in [0.2, 0.25) is 0 Å². The van der Waals surface area contributed by atoms with Gasteiger partial charge < -0.3 is 4.74 Å². The highest BCUT2D eigenvalue weighted by atomic mass is 127. The van der Waals surface area contributed by atoms with Crippen molar-refractivity contribution in [1.29, 1.82) is 5.26 Å². The largest absolute Gasteiger partial charge is 0.479 e. The Morgan fingerprint density at radius 2 is 1.96 bits per heavy atom. The van der Waals surface area contributed by atoms with E-state index >= 15 is 0 Å². The molecule has 0 aromatic heterocycles. The van der Waals surface area contributed by atoms with Gasteiger partial charge in [-0.15, -0.1) is 0 Å². The molecule has 0 unspecified atom stereocenters. The summed E-state index contributed by atoms with van der Waals surface area (Å²) in [4.78, 5) is 26.4. The number of hydrogen-bond acceptors (Lipinski definition) is 5. The average molecular weight is 476 g/mol. The molecule has 0 atom stereocenters. The summed E-state index contributed by atoms with van der Waals surface area (Å²) in [5.41, 5.74) is 1.64. The van der Waals surface area contributed by atoms with Crippen molar-refractivity contribution < 1.29 is 14.3 Å². The number of benzene rings is 2. The summed E-state index contributed by atoms with van der Waals surface area (Å²) in [5, 5.41) is 8.30. The van der Waals surface area contributed by atoms with Crippen LogP contribution in [0.3, 0.4) is 0 Å². The Morgan fingerprint density at radius 1 is 1.19 bits per heavy atom. The maximum Gasteiger partial charge on any atom is 0.293 e. The lowest BCUT2D eigenvalue weighted by Crippen LogP contribution is -2.27. The molecule has 0 saturated carbocycles. The van der Waals surface area contributed by atoms with Crippen LogP contribution in [0.4, 0.5) is 4.79 Å². The van der Waals surface area contributed by atoms with Gasteiger partial charge in [-0.2, -0.15) is 5.26 Å². The molecule has 3 rings (SSSR count). The zero-order valence-electron chi connectivity index (χ0n) is 13.5. The zero-order valence-corrected chi connectivity index (χ0v) is 16.5. The fraction of sp³-hybridized carbons (Fsp3) is 0.105. The number of nitriles is 1. The summed E-state index contributed by atoms with van der Waals surface area (Å²) in [6.45, 7) is 0.209. The van der Waals surface area contributed by atoms with Crippen LogP contribution >= 0.6 is 34.4 Å². The normalized spacial score (nSPS) is 15.4. The van der Waals surface area contributed by atoms with Crippen LogP contribution in [-0.2, 0) is 11.3 Å². The van der Waals surface area contributed by atoms with Crippen LogP contribution in [0.5, 0.6) is 5.75 Å². The molecule has 1 aliphatic heterocycles. The maximum absolute atomic E-state index is 12.6. The van der Waals surface area contributed by atoms with Gasteiger partial charge in [0.2, 0.25) is 0 Å². The van der Waals surface area contributed by atoms with Gasteiger partial charge in [-0.1, -0.05) is 24.3 Å². The van der Waals surface area contributed by atoms with Crippen LogP contribution in [0.15, 0.2) is 53.4 Å². The van der Waals surface area contributed by atoms with Gasteiger partial charge in [0.15, 0.2) is 6.61 Å². The van der Waals surface area contributed by atoms with E-state index in [1.165, 1.54) is 4.90 Å². The number of carbonyl (C=O) groups is 2. The SMILES string of the molecule is N#CCOc1cccc(/C=C2\SC(=O)N(Cc3ccc(I)cc3)C2=O)c1. The van der Waals surface area contributed by atoms with Crippen molar-refractivity contribution >= 4 is 51.6 Å². The first-order valence-corrected chi connectivity index (χ1v) is 9.56. The molecule has 0 radical (unpaired) electrons. The second kappa shape index (κ2) is 8.38. The molecular formula is C19H13IN2O3S. The van der Waals surface area contributed by atoms with Gasteiger partial charge in [-0.25, -0.2) is 0 Å². The first kappa shape index (κ1) is 18.5. The van der Waals surface area contributed by atoms with Gasteiger partial charge in [0, 0.05) is 3.57 Å².